The van der Waals surface area contributed by atoms with Crippen molar-refractivity contribution in [1.29, 1.82) is 0 Å². The number of carbonyl (C=O) groups excluding carboxylic acids is 1. The molecule has 1 amide bonds. The Kier molecular flexibility index (Phi) is 4.21. The lowest BCUT2D eigenvalue weighted by Crippen LogP contribution is -2.30. The summed E-state index contributed by atoms with van der Waals surface area (Å²) in [6, 6.07) is 6.24. The van der Waals surface area contributed by atoms with Gasteiger partial charge in [0.05, 0.1) is 17.1 Å². The van der Waals surface area contributed by atoms with Gasteiger partial charge in [0, 0.05) is 25.3 Å². The van der Waals surface area contributed by atoms with E-state index in [0.29, 0.717) is 19.1 Å². The smallest absolute Gasteiger partial charge is 0.252 e. The van der Waals surface area contributed by atoms with E-state index in [9.17, 15) is 13.2 Å². The third kappa shape index (κ3) is 3.54. The van der Waals surface area contributed by atoms with E-state index in [1.165, 1.54) is 12.1 Å². The molecule has 104 valence electrons. The van der Waals surface area contributed by atoms with Crippen LogP contribution in [0.1, 0.15) is 16.8 Å². The minimum absolute atomic E-state index is 0.0650. The predicted molar refractivity (Wildman–Crippen MR) is 70.8 cm³/mol. The van der Waals surface area contributed by atoms with Crippen molar-refractivity contribution in [2.75, 3.05) is 26.0 Å². The Morgan fingerprint density at radius 2 is 2.16 bits per heavy atom. The maximum atomic E-state index is 12.1. The van der Waals surface area contributed by atoms with Gasteiger partial charge in [-0.1, -0.05) is 12.1 Å². The maximum Gasteiger partial charge on any atom is 0.252 e. The zero-order valence-electron chi connectivity index (χ0n) is 10.8. The van der Waals surface area contributed by atoms with E-state index in [2.05, 4.69) is 5.32 Å². The minimum atomic E-state index is -3.40. The molecule has 1 heterocycles. The number of benzene rings is 1. The summed E-state index contributed by atoms with van der Waals surface area (Å²) in [5.74, 6) is -0.0396. The minimum Gasteiger partial charge on any atom is -0.381 e. The standard InChI is InChI=1S/C13H17NO4S/c1-19(16,17)12-5-3-2-4-11(12)13(15)14-8-10-6-7-18-9-10/h2-5,10H,6-9H2,1H3,(H,14,15)/t10-/m0/s1. The number of hydrogen-bond donors (Lipinski definition) is 1. The van der Waals surface area contributed by atoms with Crippen LogP contribution in [0.3, 0.4) is 0 Å². The highest BCUT2D eigenvalue weighted by atomic mass is 32.2. The molecule has 1 fully saturated rings. The molecule has 0 saturated carbocycles. The Balaban J connectivity index is 2.10. The van der Waals surface area contributed by atoms with Gasteiger partial charge in [-0.15, -0.1) is 0 Å². The Morgan fingerprint density at radius 3 is 2.79 bits per heavy atom. The van der Waals surface area contributed by atoms with Crippen molar-refractivity contribution in [3.63, 3.8) is 0 Å². The topological polar surface area (TPSA) is 72.5 Å². The first kappa shape index (κ1) is 14.0. The summed E-state index contributed by atoms with van der Waals surface area (Å²) in [6.07, 6.45) is 2.03. The molecule has 0 aromatic heterocycles. The molecule has 1 aromatic rings. The van der Waals surface area contributed by atoms with E-state index in [1.54, 1.807) is 12.1 Å². The summed E-state index contributed by atoms with van der Waals surface area (Å²) in [5, 5.41) is 2.77. The molecule has 5 nitrogen and oxygen atoms in total. The quantitative estimate of drug-likeness (QED) is 0.889. The Hall–Kier alpha value is -1.40. The van der Waals surface area contributed by atoms with E-state index in [-0.39, 0.29) is 16.4 Å². The van der Waals surface area contributed by atoms with Gasteiger partial charge in [-0.05, 0) is 18.6 Å². The monoisotopic (exact) mass is 283 g/mol. The molecule has 2 rings (SSSR count). The van der Waals surface area contributed by atoms with Crippen molar-refractivity contribution in [3.05, 3.63) is 29.8 Å². The molecular formula is C13H17NO4S. The molecule has 1 saturated heterocycles. The first-order valence-electron chi connectivity index (χ1n) is 6.13. The number of nitrogens with one attached hydrogen (secondary N) is 1. The molecule has 1 aliphatic heterocycles. The number of ether oxygens (including phenoxy) is 1. The zero-order valence-corrected chi connectivity index (χ0v) is 11.6. The third-order valence-electron chi connectivity index (χ3n) is 3.11. The Bertz CT molecular complexity index is 562. The first-order chi connectivity index (χ1) is 8.98. The lowest BCUT2D eigenvalue weighted by molar-refractivity contribution is 0.0941. The molecule has 0 unspecified atom stereocenters. The second-order valence-corrected chi connectivity index (χ2v) is 6.69. The molecule has 0 spiro atoms. The summed E-state index contributed by atoms with van der Waals surface area (Å²) < 4.78 is 28.5. The maximum absolute atomic E-state index is 12.1. The summed E-state index contributed by atoms with van der Waals surface area (Å²) in [4.78, 5) is 12.1. The molecule has 1 atom stereocenters. The normalized spacial score (nSPS) is 19.3. The van der Waals surface area contributed by atoms with Gasteiger partial charge in [0.1, 0.15) is 0 Å². The van der Waals surface area contributed by atoms with E-state index in [4.69, 9.17) is 4.74 Å². The molecule has 6 heteroatoms. The van der Waals surface area contributed by atoms with Gasteiger partial charge in [0.2, 0.25) is 0 Å². The zero-order chi connectivity index (χ0) is 13.9. The van der Waals surface area contributed by atoms with Gasteiger partial charge in [-0.2, -0.15) is 0 Å². The van der Waals surface area contributed by atoms with Crippen LogP contribution in [0.15, 0.2) is 29.2 Å². The van der Waals surface area contributed by atoms with Crippen LogP contribution in [0.5, 0.6) is 0 Å². The van der Waals surface area contributed by atoms with Gasteiger partial charge in [-0.25, -0.2) is 8.42 Å². The summed E-state index contributed by atoms with van der Waals surface area (Å²) >= 11 is 0. The second-order valence-electron chi connectivity index (χ2n) is 4.71. The fourth-order valence-electron chi connectivity index (χ4n) is 2.05. The molecule has 0 bridgehead atoms. The van der Waals surface area contributed by atoms with E-state index >= 15 is 0 Å². The lowest BCUT2D eigenvalue weighted by Gasteiger charge is -2.11. The van der Waals surface area contributed by atoms with Crippen LogP contribution in [-0.4, -0.2) is 40.3 Å². The first-order valence-corrected chi connectivity index (χ1v) is 8.02. The van der Waals surface area contributed by atoms with Crippen LogP contribution in [0.25, 0.3) is 0 Å². The Labute approximate surface area is 112 Å². The van der Waals surface area contributed by atoms with Gasteiger partial charge in [-0.3, -0.25) is 4.79 Å². The summed E-state index contributed by atoms with van der Waals surface area (Å²) in [5.41, 5.74) is 0.198. The fourth-order valence-corrected chi connectivity index (χ4v) is 2.94. The molecule has 0 radical (unpaired) electrons. The van der Waals surface area contributed by atoms with Crippen LogP contribution in [0, 0.1) is 5.92 Å². The van der Waals surface area contributed by atoms with Crippen molar-refractivity contribution in [1.82, 2.24) is 5.32 Å². The number of sulfone groups is 1. The average molecular weight is 283 g/mol. The third-order valence-corrected chi connectivity index (χ3v) is 4.26. The van der Waals surface area contributed by atoms with E-state index in [1.807, 2.05) is 0 Å². The van der Waals surface area contributed by atoms with Gasteiger partial charge < -0.3 is 10.1 Å². The highest BCUT2D eigenvalue weighted by Gasteiger charge is 2.20. The molecule has 0 aliphatic carbocycles. The number of carbonyl (C=O) groups is 1. The van der Waals surface area contributed by atoms with Gasteiger partial charge in [0.15, 0.2) is 9.84 Å². The van der Waals surface area contributed by atoms with Crippen molar-refractivity contribution in [2.24, 2.45) is 5.92 Å². The van der Waals surface area contributed by atoms with Crippen LogP contribution < -0.4 is 5.32 Å². The Morgan fingerprint density at radius 1 is 1.42 bits per heavy atom. The van der Waals surface area contributed by atoms with Crippen LogP contribution in [0.2, 0.25) is 0 Å². The highest BCUT2D eigenvalue weighted by molar-refractivity contribution is 7.90. The average Bonchev–Trinajstić information content (AvgIpc) is 2.88. The highest BCUT2D eigenvalue weighted by Crippen LogP contribution is 2.16. The largest absolute Gasteiger partial charge is 0.381 e. The summed E-state index contributed by atoms with van der Waals surface area (Å²) in [6.45, 7) is 1.88. The fraction of sp³-hybridized carbons (Fsp3) is 0.462. The lowest BCUT2D eigenvalue weighted by atomic mass is 10.1. The number of rotatable bonds is 4. The molecule has 1 N–H and O–H groups in total. The van der Waals surface area contributed by atoms with Crippen LogP contribution in [0.4, 0.5) is 0 Å². The van der Waals surface area contributed by atoms with Crippen molar-refractivity contribution in [2.45, 2.75) is 11.3 Å². The van der Waals surface area contributed by atoms with Crippen LogP contribution in [-0.2, 0) is 14.6 Å². The van der Waals surface area contributed by atoms with E-state index in [0.717, 1.165) is 19.3 Å². The predicted octanol–water partition coefficient (Wildman–Crippen LogP) is 0.856. The summed E-state index contributed by atoms with van der Waals surface area (Å²) in [7, 11) is -3.40. The van der Waals surface area contributed by atoms with Gasteiger partial charge >= 0.3 is 0 Å². The SMILES string of the molecule is CS(=O)(=O)c1ccccc1C(=O)NC[C@@H]1CCOC1. The van der Waals surface area contributed by atoms with Gasteiger partial charge in [0.25, 0.3) is 5.91 Å². The van der Waals surface area contributed by atoms with Crippen LogP contribution >= 0.6 is 0 Å². The molecule has 1 aliphatic rings. The molecule has 19 heavy (non-hydrogen) atoms. The molecule has 1 aromatic carbocycles. The van der Waals surface area contributed by atoms with E-state index < -0.39 is 9.84 Å². The molecular weight excluding hydrogens is 266 g/mol. The number of hydrogen-bond acceptors (Lipinski definition) is 4. The van der Waals surface area contributed by atoms with Crippen molar-refractivity contribution in [3.8, 4) is 0 Å². The van der Waals surface area contributed by atoms with Crippen molar-refractivity contribution >= 4 is 15.7 Å². The number of amides is 1. The van der Waals surface area contributed by atoms with Crippen molar-refractivity contribution < 1.29 is 17.9 Å². The second kappa shape index (κ2) is 5.71.